The Balaban J connectivity index is 2.66. The molecule has 1 rings (SSSR count). The van der Waals surface area contributed by atoms with Crippen LogP contribution in [0, 0.1) is 0 Å². The zero-order valence-corrected chi connectivity index (χ0v) is 11.5. The second-order valence-corrected chi connectivity index (χ2v) is 4.90. The highest BCUT2D eigenvalue weighted by Crippen LogP contribution is 2.19. The summed E-state index contributed by atoms with van der Waals surface area (Å²) in [4.78, 5) is 17.7. The van der Waals surface area contributed by atoms with Crippen LogP contribution >= 0.6 is 23.2 Å². The average Bonchev–Trinajstić information content (AvgIpc) is 2.20. The minimum Gasteiger partial charge on any atom is -0.348 e. The van der Waals surface area contributed by atoms with E-state index in [-0.39, 0.29) is 22.1 Å². The van der Waals surface area contributed by atoms with Crippen LogP contribution < -0.4 is 5.32 Å². The Morgan fingerprint density at radius 1 is 1.53 bits per heavy atom. The number of hydrogen-bond acceptors (Lipinski definition) is 3. The molecule has 17 heavy (non-hydrogen) atoms. The summed E-state index contributed by atoms with van der Waals surface area (Å²) in [6.07, 6.45) is 1.41. The third-order valence-corrected chi connectivity index (χ3v) is 2.76. The second-order valence-electron chi connectivity index (χ2n) is 4.13. The summed E-state index contributed by atoms with van der Waals surface area (Å²) in [6, 6.07) is 1.56. The van der Waals surface area contributed by atoms with E-state index in [9.17, 15) is 4.79 Å². The number of likely N-dealkylation sites (N-methyl/N-ethyl adjacent to an activating group) is 1. The number of nitrogens with zero attached hydrogens (tertiary/aromatic N) is 2. The van der Waals surface area contributed by atoms with Gasteiger partial charge in [0, 0.05) is 18.8 Å². The Bertz CT molecular complexity index is 410. The molecule has 1 aromatic heterocycles. The first-order chi connectivity index (χ1) is 7.90. The summed E-state index contributed by atoms with van der Waals surface area (Å²) in [7, 11) is 3.90. The fourth-order valence-corrected chi connectivity index (χ4v) is 1.72. The molecule has 0 aliphatic heterocycles. The van der Waals surface area contributed by atoms with Crippen LogP contribution in [0.1, 0.15) is 17.3 Å². The Hall–Kier alpha value is -0.840. The van der Waals surface area contributed by atoms with E-state index in [1.54, 1.807) is 0 Å². The first-order valence-electron chi connectivity index (χ1n) is 5.16. The van der Waals surface area contributed by atoms with Gasteiger partial charge in [0.15, 0.2) is 0 Å². The number of amides is 1. The normalized spacial score (nSPS) is 12.6. The molecule has 0 saturated carbocycles. The molecule has 0 radical (unpaired) electrons. The van der Waals surface area contributed by atoms with E-state index < -0.39 is 0 Å². The molecular formula is C11H15Cl2N3O. The van der Waals surface area contributed by atoms with E-state index in [0.717, 1.165) is 6.54 Å². The van der Waals surface area contributed by atoms with E-state index in [1.165, 1.54) is 12.3 Å². The third-order valence-electron chi connectivity index (χ3n) is 2.07. The lowest BCUT2D eigenvalue weighted by molar-refractivity contribution is 0.0934. The largest absolute Gasteiger partial charge is 0.348 e. The first-order valence-corrected chi connectivity index (χ1v) is 5.92. The molecule has 4 nitrogen and oxygen atoms in total. The first kappa shape index (κ1) is 14.2. The number of nitrogens with one attached hydrogen (secondary N) is 1. The third kappa shape index (κ3) is 4.50. The molecule has 1 N–H and O–H groups in total. The molecule has 1 aromatic rings. The molecule has 0 fully saturated rings. The molecular weight excluding hydrogens is 261 g/mol. The number of rotatable bonds is 4. The maximum atomic E-state index is 11.8. The Morgan fingerprint density at radius 3 is 2.71 bits per heavy atom. The van der Waals surface area contributed by atoms with Gasteiger partial charge >= 0.3 is 0 Å². The van der Waals surface area contributed by atoms with E-state index in [2.05, 4.69) is 10.3 Å². The monoisotopic (exact) mass is 275 g/mol. The summed E-state index contributed by atoms with van der Waals surface area (Å²) in [5.41, 5.74) is 0.407. The van der Waals surface area contributed by atoms with Crippen molar-refractivity contribution in [2.45, 2.75) is 13.0 Å². The van der Waals surface area contributed by atoms with Crippen LogP contribution in [0.15, 0.2) is 12.3 Å². The number of halogens is 2. The van der Waals surface area contributed by atoms with Crippen LogP contribution in [-0.2, 0) is 0 Å². The van der Waals surface area contributed by atoms with Crippen LogP contribution in [-0.4, -0.2) is 42.5 Å². The van der Waals surface area contributed by atoms with Gasteiger partial charge in [0.2, 0.25) is 0 Å². The second kappa shape index (κ2) is 6.19. The van der Waals surface area contributed by atoms with Gasteiger partial charge in [-0.1, -0.05) is 23.2 Å². The topological polar surface area (TPSA) is 45.2 Å². The highest BCUT2D eigenvalue weighted by Gasteiger charge is 2.12. The van der Waals surface area contributed by atoms with Gasteiger partial charge in [-0.05, 0) is 27.1 Å². The van der Waals surface area contributed by atoms with E-state index >= 15 is 0 Å². The van der Waals surface area contributed by atoms with Gasteiger partial charge in [0.25, 0.3) is 5.91 Å². The highest BCUT2D eigenvalue weighted by atomic mass is 35.5. The van der Waals surface area contributed by atoms with Gasteiger partial charge in [0.1, 0.15) is 5.15 Å². The van der Waals surface area contributed by atoms with Crippen molar-refractivity contribution in [3.8, 4) is 0 Å². The van der Waals surface area contributed by atoms with Gasteiger partial charge in [-0.25, -0.2) is 4.98 Å². The fraction of sp³-hybridized carbons (Fsp3) is 0.455. The number of aromatic nitrogens is 1. The van der Waals surface area contributed by atoms with Gasteiger partial charge in [0.05, 0.1) is 10.6 Å². The maximum absolute atomic E-state index is 11.8. The molecule has 0 bridgehead atoms. The van der Waals surface area contributed by atoms with Crippen molar-refractivity contribution >= 4 is 29.1 Å². The minimum atomic E-state index is -0.203. The van der Waals surface area contributed by atoms with Crippen molar-refractivity contribution in [3.05, 3.63) is 28.0 Å². The van der Waals surface area contributed by atoms with Gasteiger partial charge < -0.3 is 10.2 Å². The summed E-state index contributed by atoms with van der Waals surface area (Å²) >= 11 is 11.5. The van der Waals surface area contributed by atoms with Crippen molar-refractivity contribution in [1.29, 1.82) is 0 Å². The molecule has 1 amide bonds. The van der Waals surface area contributed by atoms with Crippen molar-refractivity contribution in [2.24, 2.45) is 0 Å². The number of carbonyl (C=O) groups excluding carboxylic acids is 1. The average molecular weight is 276 g/mol. The SMILES string of the molecule is CC(CN(C)C)NC(=O)c1cnc(Cl)c(Cl)c1. The van der Waals surface area contributed by atoms with Crippen LogP contribution in [0.3, 0.4) is 0 Å². The summed E-state index contributed by atoms with van der Waals surface area (Å²) < 4.78 is 0. The fourth-order valence-electron chi connectivity index (χ4n) is 1.45. The molecule has 6 heteroatoms. The Labute approximate surface area is 111 Å². The van der Waals surface area contributed by atoms with Gasteiger partial charge in [-0.2, -0.15) is 0 Å². The quantitative estimate of drug-likeness (QED) is 0.856. The zero-order chi connectivity index (χ0) is 13.0. The molecule has 1 atom stereocenters. The molecule has 0 spiro atoms. The van der Waals surface area contributed by atoms with E-state index in [0.29, 0.717) is 5.56 Å². The molecule has 1 heterocycles. The smallest absolute Gasteiger partial charge is 0.253 e. The maximum Gasteiger partial charge on any atom is 0.253 e. The Kier molecular flexibility index (Phi) is 5.18. The van der Waals surface area contributed by atoms with Gasteiger partial charge in [-0.3, -0.25) is 4.79 Å². The summed E-state index contributed by atoms with van der Waals surface area (Å²) in [6.45, 7) is 2.70. The standard InChI is InChI=1S/C11H15Cl2N3O/c1-7(6-16(2)3)15-11(17)8-4-9(12)10(13)14-5-8/h4-5,7H,6H2,1-3H3,(H,15,17). The summed E-state index contributed by atoms with van der Waals surface area (Å²) in [5.74, 6) is -0.203. The Morgan fingerprint density at radius 2 is 2.18 bits per heavy atom. The van der Waals surface area contributed by atoms with E-state index in [1.807, 2.05) is 25.9 Å². The van der Waals surface area contributed by atoms with Crippen LogP contribution in [0.4, 0.5) is 0 Å². The van der Waals surface area contributed by atoms with Crippen LogP contribution in [0.25, 0.3) is 0 Å². The predicted molar refractivity (Wildman–Crippen MR) is 69.7 cm³/mol. The van der Waals surface area contributed by atoms with Crippen molar-refractivity contribution in [2.75, 3.05) is 20.6 Å². The predicted octanol–water partition coefficient (Wildman–Crippen LogP) is 2.07. The molecule has 94 valence electrons. The van der Waals surface area contributed by atoms with Crippen molar-refractivity contribution in [3.63, 3.8) is 0 Å². The molecule has 0 aliphatic carbocycles. The highest BCUT2D eigenvalue weighted by molar-refractivity contribution is 6.41. The summed E-state index contributed by atoms with van der Waals surface area (Å²) in [5, 5.41) is 3.33. The van der Waals surface area contributed by atoms with E-state index in [4.69, 9.17) is 23.2 Å². The molecule has 0 aliphatic rings. The molecule has 0 saturated heterocycles. The number of pyridine rings is 1. The lowest BCUT2D eigenvalue weighted by Gasteiger charge is -2.18. The molecule has 0 aromatic carbocycles. The van der Waals surface area contributed by atoms with Crippen LogP contribution in [0.2, 0.25) is 10.2 Å². The van der Waals surface area contributed by atoms with Crippen molar-refractivity contribution in [1.82, 2.24) is 15.2 Å². The minimum absolute atomic E-state index is 0.0481. The zero-order valence-electron chi connectivity index (χ0n) is 10.00. The number of carbonyl (C=O) groups is 1. The van der Waals surface area contributed by atoms with Gasteiger partial charge in [-0.15, -0.1) is 0 Å². The lowest BCUT2D eigenvalue weighted by Crippen LogP contribution is -2.39. The van der Waals surface area contributed by atoms with Crippen LogP contribution in [0.5, 0.6) is 0 Å². The lowest BCUT2D eigenvalue weighted by atomic mass is 10.2. The molecule has 1 unspecified atom stereocenters. The van der Waals surface area contributed by atoms with Crippen molar-refractivity contribution < 1.29 is 4.79 Å². The number of hydrogen-bond donors (Lipinski definition) is 1.